The van der Waals surface area contributed by atoms with E-state index in [0.717, 1.165) is 5.39 Å². The lowest BCUT2D eigenvalue weighted by molar-refractivity contribution is -0.169. The molecule has 0 aliphatic rings. The lowest BCUT2D eigenvalue weighted by Gasteiger charge is -2.29. The van der Waals surface area contributed by atoms with Crippen LogP contribution in [0.1, 0.15) is 26.3 Å². The van der Waals surface area contributed by atoms with E-state index in [2.05, 4.69) is 0 Å². The lowest BCUT2D eigenvalue weighted by atomic mass is 9.87. The molecule has 0 amide bonds. The molecule has 5 heteroatoms. The van der Waals surface area contributed by atoms with Crippen LogP contribution in [-0.2, 0) is 19.9 Å². The Morgan fingerprint density at radius 1 is 1.05 bits per heavy atom. The zero-order chi connectivity index (χ0) is 16.5. The van der Waals surface area contributed by atoms with E-state index in [1.165, 1.54) is 0 Å². The van der Waals surface area contributed by atoms with Gasteiger partial charge in [0, 0.05) is 5.56 Å². The van der Waals surface area contributed by atoms with Crippen molar-refractivity contribution in [2.24, 2.45) is 5.73 Å². The summed E-state index contributed by atoms with van der Waals surface area (Å²) in [5, 5.41) is 11.0. The number of carboxylic acids is 1. The van der Waals surface area contributed by atoms with Crippen LogP contribution in [0.5, 0.6) is 0 Å². The molecule has 0 aromatic heterocycles. The normalized spacial score (nSPS) is 14.4. The number of fused-ring (bicyclic) bond motifs is 1. The smallest absolute Gasteiger partial charge is 0.343 e. The summed E-state index contributed by atoms with van der Waals surface area (Å²) < 4.78 is 5.22. The summed E-state index contributed by atoms with van der Waals surface area (Å²) in [6, 6.07) is 12.2. The molecular formula is C17H19NO4. The molecule has 0 radical (unpaired) electrons. The summed E-state index contributed by atoms with van der Waals surface area (Å²) in [7, 11) is 0. The molecule has 1 atom stereocenters. The van der Waals surface area contributed by atoms with E-state index in [9.17, 15) is 14.7 Å². The second kappa shape index (κ2) is 5.42. The van der Waals surface area contributed by atoms with E-state index in [1.54, 1.807) is 45.0 Å². The Morgan fingerprint density at radius 3 is 2.23 bits per heavy atom. The van der Waals surface area contributed by atoms with Gasteiger partial charge in [-0.05, 0) is 31.5 Å². The molecule has 0 saturated carbocycles. The third-order valence-electron chi connectivity index (χ3n) is 3.27. The van der Waals surface area contributed by atoms with Gasteiger partial charge in [-0.25, -0.2) is 9.59 Å². The highest BCUT2D eigenvalue weighted by atomic mass is 16.6. The third kappa shape index (κ3) is 2.80. The maximum absolute atomic E-state index is 12.4. The monoisotopic (exact) mass is 301 g/mol. The molecule has 0 bridgehead atoms. The second-order valence-corrected chi connectivity index (χ2v) is 6.14. The summed E-state index contributed by atoms with van der Waals surface area (Å²) in [5.41, 5.74) is 3.13. The van der Waals surface area contributed by atoms with Gasteiger partial charge in [-0.2, -0.15) is 0 Å². The number of rotatable bonds is 3. The molecule has 1 unspecified atom stereocenters. The molecule has 22 heavy (non-hydrogen) atoms. The van der Waals surface area contributed by atoms with Gasteiger partial charge in [-0.15, -0.1) is 0 Å². The summed E-state index contributed by atoms with van der Waals surface area (Å²) in [6.07, 6.45) is 0. The first-order chi connectivity index (χ1) is 10.2. The first kappa shape index (κ1) is 16.0. The van der Waals surface area contributed by atoms with Crippen LogP contribution in [0, 0.1) is 0 Å². The van der Waals surface area contributed by atoms with Gasteiger partial charge >= 0.3 is 11.9 Å². The maximum atomic E-state index is 12.4. The van der Waals surface area contributed by atoms with Gasteiger partial charge in [0.1, 0.15) is 5.60 Å². The number of hydrogen-bond donors (Lipinski definition) is 2. The largest absolute Gasteiger partial charge is 0.479 e. The number of hydrogen-bond acceptors (Lipinski definition) is 4. The fourth-order valence-electron chi connectivity index (χ4n) is 2.24. The predicted octanol–water partition coefficient (Wildman–Crippen LogP) is 2.42. The van der Waals surface area contributed by atoms with Crippen LogP contribution in [0.4, 0.5) is 0 Å². The van der Waals surface area contributed by atoms with Gasteiger partial charge in [0.05, 0.1) is 0 Å². The van der Waals surface area contributed by atoms with E-state index < -0.39 is 23.1 Å². The van der Waals surface area contributed by atoms with Crippen LogP contribution in [-0.4, -0.2) is 22.6 Å². The maximum Gasteiger partial charge on any atom is 0.343 e. The van der Waals surface area contributed by atoms with Crippen molar-refractivity contribution in [2.45, 2.75) is 31.9 Å². The van der Waals surface area contributed by atoms with Crippen molar-refractivity contribution in [2.75, 3.05) is 0 Å². The Labute approximate surface area is 128 Å². The Kier molecular flexibility index (Phi) is 3.94. The summed E-state index contributed by atoms with van der Waals surface area (Å²) >= 11 is 0. The molecular weight excluding hydrogens is 282 g/mol. The van der Waals surface area contributed by atoms with Crippen LogP contribution in [0.3, 0.4) is 0 Å². The molecule has 0 fully saturated rings. The van der Waals surface area contributed by atoms with Crippen LogP contribution in [0.15, 0.2) is 42.5 Å². The second-order valence-electron chi connectivity index (χ2n) is 6.14. The molecule has 0 aliphatic carbocycles. The first-order valence-electron chi connectivity index (χ1n) is 6.90. The number of carbonyl (C=O) groups is 2. The molecule has 3 N–H and O–H groups in total. The standard InChI is InChI=1S/C17H19NO4/c1-16(2,3)22-15(21)17(18,14(19)20)13-10-6-8-11-7-4-5-9-12(11)13/h4-10H,18H2,1-3H3,(H,19,20). The third-order valence-corrected chi connectivity index (χ3v) is 3.27. The predicted molar refractivity (Wildman–Crippen MR) is 83.3 cm³/mol. The summed E-state index contributed by atoms with van der Waals surface area (Å²) in [4.78, 5) is 24.2. The highest BCUT2D eigenvalue weighted by Gasteiger charge is 2.48. The van der Waals surface area contributed by atoms with Gasteiger partial charge in [0.2, 0.25) is 5.54 Å². The van der Waals surface area contributed by atoms with Crippen molar-refractivity contribution < 1.29 is 19.4 Å². The Hall–Kier alpha value is -2.40. The minimum absolute atomic E-state index is 0.215. The summed E-state index contributed by atoms with van der Waals surface area (Å²) in [6.45, 7) is 4.99. The highest BCUT2D eigenvalue weighted by molar-refractivity contribution is 6.08. The van der Waals surface area contributed by atoms with Crippen molar-refractivity contribution in [1.29, 1.82) is 0 Å². The topological polar surface area (TPSA) is 89.6 Å². The number of nitrogens with two attached hydrogens (primary N) is 1. The molecule has 0 heterocycles. The van der Waals surface area contributed by atoms with Crippen molar-refractivity contribution in [3.05, 3.63) is 48.0 Å². The Bertz CT molecular complexity index is 728. The number of carbonyl (C=O) groups excluding carboxylic acids is 1. The van der Waals surface area contributed by atoms with Crippen molar-refractivity contribution in [3.63, 3.8) is 0 Å². The molecule has 116 valence electrons. The molecule has 0 saturated heterocycles. The Morgan fingerprint density at radius 2 is 1.64 bits per heavy atom. The minimum atomic E-state index is -2.26. The van der Waals surface area contributed by atoms with Crippen molar-refractivity contribution in [3.8, 4) is 0 Å². The van der Waals surface area contributed by atoms with Crippen LogP contribution < -0.4 is 5.73 Å². The van der Waals surface area contributed by atoms with E-state index in [0.29, 0.717) is 5.39 Å². The zero-order valence-corrected chi connectivity index (χ0v) is 12.8. The zero-order valence-electron chi connectivity index (χ0n) is 12.8. The number of aliphatic carboxylic acids is 1. The van der Waals surface area contributed by atoms with Gasteiger partial charge in [0.25, 0.3) is 0 Å². The molecule has 0 aliphatic heterocycles. The van der Waals surface area contributed by atoms with Crippen molar-refractivity contribution in [1.82, 2.24) is 0 Å². The number of esters is 1. The number of ether oxygens (including phenoxy) is 1. The molecule has 5 nitrogen and oxygen atoms in total. The lowest BCUT2D eigenvalue weighted by Crippen LogP contribution is -2.54. The van der Waals surface area contributed by atoms with Gasteiger partial charge in [-0.1, -0.05) is 42.5 Å². The summed E-state index contributed by atoms with van der Waals surface area (Å²) in [5.74, 6) is -2.43. The van der Waals surface area contributed by atoms with Gasteiger partial charge < -0.3 is 15.6 Å². The van der Waals surface area contributed by atoms with E-state index in [-0.39, 0.29) is 5.56 Å². The quantitative estimate of drug-likeness (QED) is 0.671. The minimum Gasteiger partial charge on any atom is -0.479 e. The van der Waals surface area contributed by atoms with Crippen LogP contribution >= 0.6 is 0 Å². The molecule has 2 aromatic carbocycles. The van der Waals surface area contributed by atoms with Crippen LogP contribution in [0.25, 0.3) is 10.8 Å². The SMILES string of the molecule is CC(C)(C)OC(=O)C(N)(C(=O)O)c1cccc2ccccc12. The Balaban J connectivity index is 2.65. The fraction of sp³-hybridized carbons (Fsp3) is 0.294. The first-order valence-corrected chi connectivity index (χ1v) is 6.90. The molecule has 2 rings (SSSR count). The van der Waals surface area contributed by atoms with Crippen LogP contribution in [0.2, 0.25) is 0 Å². The average molecular weight is 301 g/mol. The van der Waals surface area contributed by atoms with E-state index in [1.807, 2.05) is 18.2 Å². The van der Waals surface area contributed by atoms with Gasteiger partial charge in [-0.3, -0.25) is 0 Å². The molecule has 2 aromatic rings. The van der Waals surface area contributed by atoms with E-state index >= 15 is 0 Å². The number of benzene rings is 2. The average Bonchev–Trinajstić information content (AvgIpc) is 2.43. The van der Waals surface area contributed by atoms with E-state index in [4.69, 9.17) is 10.5 Å². The fourth-order valence-corrected chi connectivity index (χ4v) is 2.24. The number of carboxylic acid groups (broad SMARTS) is 1. The molecule has 0 spiro atoms. The highest BCUT2D eigenvalue weighted by Crippen LogP contribution is 2.30. The van der Waals surface area contributed by atoms with Gasteiger partial charge in [0.15, 0.2) is 0 Å². The van der Waals surface area contributed by atoms with Crippen molar-refractivity contribution >= 4 is 22.7 Å².